The normalized spacial score (nSPS) is 13.6. The molecule has 176 valence electrons. The van der Waals surface area contributed by atoms with Crippen molar-refractivity contribution in [2.24, 2.45) is 0 Å². The van der Waals surface area contributed by atoms with Gasteiger partial charge >= 0.3 is 0 Å². The number of hydrogen-bond acceptors (Lipinski definition) is 4. The van der Waals surface area contributed by atoms with E-state index in [0.29, 0.717) is 5.69 Å². The lowest BCUT2D eigenvalue weighted by Crippen LogP contribution is -2.48. The van der Waals surface area contributed by atoms with Gasteiger partial charge in [0, 0.05) is 0 Å². The van der Waals surface area contributed by atoms with Crippen LogP contribution in [0.4, 0.5) is 5.69 Å². The van der Waals surface area contributed by atoms with Gasteiger partial charge in [0.1, 0.15) is 11.8 Å². The van der Waals surface area contributed by atoms with Gasteiger partial charge in [0.15, 0.2) is 0 Å². The second kappa shape index (κ2) is 9.94. The Labute approximate surface area is 193 Å². The predicted octanol–water partition coefficient (Wildman–Crippen LogP) is 4.78. The van der Waals surface area contributed by atoms with Gasteiger partial charge in [-0.3, -0.25) is 9.10 Å². The molecule has 32 heavy (non-hydrogen) atoms. The van der Waals surface area contributed by atoms with Crippen molar-refractivity contribution in [3.63, 3.8) is 0 Å². The number of aryl methyl sites for hydroxylation is 3. The Morgan fingerprint density at radius 2 is 1.50 bits per heavy atom. The molecule has 0 aliphatic carbocycles. The maximum atomic E-state index is 13.2. The molecular weight excluding hydrogens is 424 g/mol. The number of carbonyl (C=O) groups excluding carboxylic acids is 1. The molecule has 0 unspecified atom stereocenters. The third kappa shape index (κ3) is 5.82. The number of nitrogens with one attached hydrogen (secondary N) is 1. The predicted molar refractivity (Wildman–Crippen MR) is 131 cm³/mol. The van der Waals surface area contributed by atoms with E-state index in [1.807, 2.05) is 39.8 Å². The van der Waals surface area contributed by atoms with Crippen molar-refractivity contribution in [2.45, 2.75) is 66.5 Å². The standard InChI is InChI=1S/C25H36N2O4S/c1-15(2)22-14-23(18(5)13-24(22)31-8)19(6)26-25(28)20(7)27(32(9,29)30)21-11-16(3)10-17(4)12-21/h10-15,19-20H,1-9H3,(H,26,28)/t19-,20-/m0/s1. The summed E-state index contributed by atoms with van der Waals surface area (Å²) >= 11 is 0. The highest BCUT2D eigenvalue weighted by Crippen LogP contribution is 2.32. The van der Waals surface area contributed by atoms with Crippen LogP contribution in [-0.4, -0.2) is 33.7 Å². The molecule has 0 aliphatic heterocycles. The van der Waals surface area contributed by atoms with Gasteiger partial charge in [-0.25, -0.2) is 8.42 Å². The fourth-order valence-electron chi connectivity index (χ4n) is 4.11. The van der Waals surface area contributed by atoms with Crippen LogP contribution in [0.1, 0.15) is 67.5 Å². The molecule has 1 amide bonds. The molecule has 2 atom stereocenters. The van der Waals surface area contributed by atoms with Gasteiger partial charge in [0.2, 0.25) is 15.9 Å². The summed E-state index contributed by atoms with van der Waals surface area (Å²) in [5.41, 5.74) is 5.40. The first-order valence-corrected chi connectivity index (χ1v) is 12.7. The molecule has 0 heterocycles. The highest BCUT2D eigenvalue weighted by molar-refractivity contribution is 7.92. The molecular formula is C25H36N2O4S. The molecule has 0 aliphatic rings. The first-order valence-electron chi connectivity index (χ1n) is 10.8. The number of carbonyl (C=O) groups is 1. The first-order chi connectivity index (χ1) is 14.8. The summed E-state index contributed by atoms with van der Waals surface area (Å²) in [7, 11) is -2.02. The lowest BCUT2D eigenvalue weighted by molar-refractivity contribution is -0.122. The third-order valence-corrected chi connectivity index (χ3v) is 6.86. The van der Waals surface area contributed by atoms with Crippen molar-refractivity contribution in [1.29, 1.82) is 0 Å². The van der Waals surface area contributed by atoms with Crippen LogP contribution < -0.4 is 14.4 Å². The topological polar surface area (TPSA) is 75.7 Å². The monoisotopic (exact) mass is 460 g/mol. The molecule has 0 saturated heterocycles. The van der Waals surface area contributed by atoms with Gasteiger partial charge in [-0.15, -0.1) is 0 Å². The summed E-state index contributed by atoms with van der Waals surface area (Å²) in [6.45, 7) is 13.5. The smallest absolute Gasteiger partial charge is 0.244 e. The second-order valence-electron chi connectivity index (χ2n) is 8.92. The Bertz CT molecular complexity index is 1070. The van der Waals surface area contributed by atoms with Crippen LogP contribution in [0, 0.1) is 20.8 Å². The molecule has 0 spiro atoms. The van der Waals surface area contributed by atoms with Crippen LogP contribution >= 0.6 is 0 Å². The van der Waals surface area contributed by atoms with Crippen LogP contribution in [0.2, 0.25) is 0 Å². The molecule has 0 fully saturated rings. The number of ether oxygens (including phenoxy) is 1. The van der Waals surface area contributed by atoms with Crippen LogP contribution in [0.15, 0.2) is 30.3 Å². The van der Waals surface area contributed by atoms with Gasteiger partial charge in [0.05, 0.1) is 25.1 Å². The lowest BCUT2D eigenvalue weighted by atomic mass is 9.93. The van der Waals surface area contributed by atoms with Crippen LogP contribution in [0.3, 0.4) is 0 Å². The number of nitrogens with zero attached hydrogens (tertiary/aromatic N) is 1. The zero-order valence-electron chi connectivity index (χ0n) is 20.6. The average molecular weight is 461 g/mol. The van der Waals surface area contributed by atoms with Crippen molar-refractivity contribution in [2.75, 3.05) is 17.7 Å². The van der Waals surface area contributed by atoms with E-state index in [4.69, 9.17) is 4.74 Å². The summed E-state index contributed by atoms with van der Waals surface area (Å²) in [6, 6.07) is 8.37. The van der Waals surface area contributed by atoms with Crippen molar-refractivity contribution in [3.8, 4) is 5.75 Å². The number of sulfonamides is 1. The second-order valence-corrected chi connectivity index (χ2v) is 10.8. The third-order valence-electron chi connectivity index (χ3n) is 5.62. The van der Waals surface area contributed by atoms with E-state index in [2.05, 4.69) is 25.2 Å². The zero-order valence-corrected chi connectivity index (χ0v) is 21.4. The molecule has 2 aromatic rings. The van der Waals surface area contributed by atoms with E-state index in [-0.39, 0.29) is 17.9 Å². The number of amides is 1. The van der Waals surface area contributed by atoms with Gasteiger partial charge in [-0.05, 0) is 92.6 Å². The van der Waals surface area contributed by atoms with Crippen LogP contribution in [-0.2, 0) is 14.8 Å². The van der Waals surface area contributed by atoms with Crippen LogP contribution in [0.5, 0.6) is 5.75 Å². The van der Waals surface area contributed by atoms with E-state index in [0.717, 1.165) is 39.8 Å². The minimum atomic E-state index is -3.68. The molecule has 6 nitrogen and oxygen atoms in total. The highest BCUT2D eigenvalue weighted by Gasteiger charge is 2.30. The van der Waals surface area contributed by atoms with Crippen molar-refractivity contribution in [1.82, 2.24) is 5.32 Å². The number of rotatable bonds is 8. The SMILES string of the molecule is COc1cc(C)c([C@H](C)NC(=O)[C@H](C)N(c2cc(C)cc(C)c2)S(C)(=O)=O)cc1C(C)C. The summed E-state index contributed by atoms with van der Waals surface area (Å²) in [6.07, 6.45) is 1.13. The van der Waals surface area contributed by atoms with E-state index in [1.165, 1.54) is 4.31 Å². The molecule has 0 aromatic heterocycles. The molecule has 1 N–H and O–H groups in total. The minimum absolute atomic E-state index is 0.261. The average Bonchev–Trinajstić information content (AvgIpc) is 2.65. The number of anilines is 1. The van der Waals surface area contributed by atoms with Crippen LogP contribution in [0.25, 0.3) is 0 Å². The molecule has 0 radical (unpaired) electrons. The van der Waals surface area contributed by atoms with E-state index in [9.17, 15) is 13.2 Å². The lowest BCUT2D eigenvalue weighted by Gasteiger charge is -2.30. The van der Waals surface area contributed by atoms with Crippen molar-refractivity contribution >= 4 is 21.6 Å². The Morgan fingerprint density at radius 3 is 1.97 bits per heavy atom. The van der Waals surface area contributed by atoms with Crippen molar-refractivity contribution in [3.05, 3.63) is 58.1 Å². The minimum Gasteiger partial charge on any atom is -0.496 e. The molecule has 2 aromatic carbocycles. The molecule has 2 rings (SSSR count). The van der Waals surface area contributed by atoms with E-state index < -0.39 is 16.1 Å². The maximum Gasteiger partial charge on any atom is 0.244 e. The van der Waals surface area contributed by atoms with Gasteiger partial charge in [-0.1, -0.05) is 19.9 Å². The van der Waals surface area contributed by atoms with E-state index >= 15 is 0 Å². The van der Waals surface area contributed by atoms with Gasteiger partial charge < -0.3 is 10.1 Å². The fraction of sp³-hybridized carbons (Fsp3) is 0.480. The Kier molecular flexibility index (Phi) is 7.99. The number of benzene rings is 2. The quantitative estimate of drug-likeness (QED) is 0.615. The summed E-state index contributed by atoms with van der Waals surface area (Å²) in [4.78, 5) is 13.2. The Balaban J connectivity index is 2.37. The molecule has 0 bridgehead atoms. The summed E-state index contributed by atoms with van der Waals surface area (Å²) in [5, 5.41) is 3.01. The Hall–Kier alpha value is -2.54. The van der Waals surface area contributed by atoms with Crippen molar-refractivity contribution < 1.29 is 17.9 Å². The first kappa shape index (κ1) is 25.7. The summed E-state index contributed by atoms with van der Waals surface area (Å²) < 4.78 is 32.0. The molecule has 0 saturated carbocycles. The zero-order chi connectivity index (χ0) is 24.4. The summed E-state index contributed by atoms with van der Waals surface area (Å²) in [5.74, 6) is 0.728. The largest absolute Gasteiger partial charge is 0.496 e. The highest BCUT2D eigenvalue weighted by atomic mass is 32.2. The number of hydrogen-bond donors (Lipinski definition) is 1. The van der Waals surface area contributed by atoms with E-state index in [1.54, 1.807) is 26.2 Å². The maximum absolute atomic E-state index is 13.2. The van der Waals surface area contributed by atoms with Gasteiger partial charge in [-0.2, -0.15) is 0 Å². The Morgan fingerprint density at radius 1 is 0.938 bits per heavy atom. The molecule has 7 heteroatoms. The fourth-order valence-corrected chi connectivity index (χ4v) is 5.27. The number of methoxy groups -OCH3 is 1. The van der Waals surface area contributed by atoms with Gasteiger partial charge in [0.25, 0.3) is 0 Å².